The molecule has 80 valence electrons. The molecule has 1 fully saturated rings. The molecule has 1 aromatic heterocycles. The van der Waals surface area contributed by atoms with Gasteiger partial charge in [-0.05, 0) is 25.3 Å². The Morgan fingerprint density at radius 3 is 2.80 bits per heavy atom. The van der Waals surface area contributed by atoms with Crippen LogP contribution in [-0.2, 0) is 0 Å². The number of carbonyl (C=O) groups is 1. The lowest BCUT2D eigenvalue weighted by atomic mass is 9.96. The second-order valence-corrected chi connectivity index (χ2v) is 3.88. The lowest BCUT2D eigenvalue weighted by Crippen LogP contribution is -2.25. The molecule has 1 aliphatic rings. The van der Waals surface area contributed by atoms with Crippen molar-refractivity contribution in [3.63, 3.8) is 0 Å². The zero-order chi connectivity index (χ0) is 10.8. The summed E-state index contributed by atoms with van der Waals surface area (Å²) in [5, 5.41) is 8.94. The Morgan fingerprint density at radius 2 is 2.27 bits per heavy atom. The number of nitrogens with zero attached hydrogens (tertiary/aromatic N) is 1. The molecule has 1 N–H and O–H groups in total. The highest BCUT2D eigenvalue weighted by molar-refractivity contribution is 6.29. The minimum atomic E-state index is -1.03. The predicted molar refractivity (Wildman–Crippen MR) is 54.5 cm³/mol. The average molecular weight is 228 g/mol. The second kappa shape index (κ2) is 4.06. The van der Waals surface area contributed by atoms with Crippen molar-refractivity contribution in [1.82, 2.24) is 4.98 Å². The zero-order valence-corrected chi connectivity index (χ0v) is 8.70. The standard InChI is InChI=1S/C10H10ClNO3/c11-8-4-6(10(13)14)5-9(12-8)15-7-2-1-3-7/h4-5,7H,1-3H2,(H,13,14). The second-order valence-electron chi connectivity index (χ2n) is 3.49. The van der Waals surface area contributed by atoms with E-state index in [1.165, 1.54) is 12.1 Å². The Kier molecular flexibility index (Phi) is 2.77. The van der Waals surface area contributed by atoms with Crippen LogP contribution in [-0.4, -0.2) is 22.2 Å². The molecule has 0 aromatic carbocycles. The van der Waals surface area contributed by atoms with Crippen molar-refractivity contribution in [1.29, 1.82) is 0 Å². The lowest BCUT2D eigenvalue weighted by Gasteiger charge is -2.25. The van der Waals surface area contributed by atoms with Gasteiger partial charge in [-0.3, -0.25) is 0 Å². The highest BCUT2D eigenvalue weighted by Gasteiger charge is 2.20. The SMILES string of the molecule is O=C(O)c1cc(Cl)nc(OC2CCC2)c1. The van der Waals surface area contributed by atoms with E-state index in [9.17, 15) is 4.79 Å². The summed E-state index contributed by atoms with van der Waals surface area (Å²) in [6.45, 7) is 0. The number of rotatable bonds is 3. The fourth-order valence-electron chi connectivity index (χ4n) is 1.32. The van der Waals surface area contributed by atoms with Crippen LogP contribution >= 0.6 is 11.6 Å². The Bertz CT molecular complexity index is 390. The van der Waals surface area contributed by atoms with Crippen LogP contribution in [0.2, 0.25) is 5.15 Å². The first-order valence-electron chi connectivity index (χ1n) is 4.72. The summed E-state index contributed by atoms with van der Waals surface area (Å²) < 4.78 is 5.46. The smallest absolute Gasteiger partial charge is 0.335 e. The molecule has 1 aliphatic carbocycles. The van der Waals surface area contributed by atoms with Crippen molar-refractivity contribution in [3.05, 3.63) is 22.8 Å². The molecule has 0 aliphatic heterocycles. The van der Waals surface area contributed by atoms with Crippen molar-refractivity contribution >= 4 is 17.6 Å². The summed E-state index contributed by atoms with van der Waals surface area (Å²) in [7, 11) is 0. The van der Waals surface area contributed by atoms with Gasteiger partial charge in [0, 0.05) is 6.07 Å². The van der Waals surface area contributed by atoms with Gasteiger partial charge >= 0.3 is 5.97 Å². The molecule has 2 rings (SSSR count). The molecule has 15 heavy (non-hydrogen) atoms. The Balaban J connectivity index is 2.18. The fraction of sp³-hybridized carbons (Fsp3) is 0.400. The summed E-state index contributed by atoms with van der Waals surface area (Å²) in [5.74, 6) is -0.734. The van der Waals surface area contributed by atoms with Gasteiger partial charge in [-0.2, -0.15) is 0 Å². The summed E-state index contributed by atoms with van der Waals surface area (Å²) >= 11 is 5.68. The normalized spacial score (nSPS) is 15.8. The molecule has 5 heteroatoms. The number of hydrogen-bond acceptors (Lipinski definition) is 3. The van der Waals surface area contributed by atoms with Gasteiger partial charge in [-0.25, -0.2) is 9.78 Å². The number of hydrogen-bond donors (Lipinski definition) is 1. The zero-order valence-electron chi connectivity index (χ0n) is 7.94. The first-order valence-corrected chi connectivity index (χ1v) is 5.10. The van der Waals surface area contributed by atoms with E-state index >= 15 is 0 Å². The third-order valence-corrected chi connectivity index (χ3v) is 2.55. The average Bonchev–Trinajstić information content (AvgIpc) is 2.10. The fourth-order valence-corrected chi connectivity index (χ4v) is 1.52. The maximum Gasteiger partial charge on any atom is 0.335 e. The monoisotopic (exact) mass is 227 g/mol. The van der Waals surface area contributed by atoms with E-state index < -0.39 is 5.97 Å². The molecule has 1 saturated carbocycles. The molecule has 0 unspecified atom stereocenters. The van der Waals surface area contributed by atoms with Crippen LogP contribution < -0.4 is 4.74 Å². The van der Waals surface area contributed by atoms with E-state index in [0.717, 1.165) is 19.3 Å². The van der Waals surface area contributed by atoms with Crippen LogP contribution in [0.1, 0.15) is 29.6 Å². The molecule has 0 saturated heterocycles. The molecule has 4 nitrogen and oxygen atoms in total. The van der Waals surface area contributed by atoms with Crippen molar-refractivity contribution in [2.24, 2.45) is 0 Å². The van der Waals surface area contributed by atoms with E-state index in [2.05, 4.69) is 4.98 Å². The minimum absolute atomic E-state index is 0.101. The van der Waals surface area contributed by atoms with Gasteiger partial charge in [-0.1, -0.05) is 11.6 Å². The molecule has 1 aromatic rings. The number of aromatic nitrogens is 1. The van der Waals surface area contributed by atoms with Crippen LogP contribution in [0.5, 0.6) is 5.88 Å². The van der Waals surface area contributed by atoms with Crippen LogP contribution in [0.4, 0.5) is 0 Å². The van der Waals surface area contributed by atoms with E-state index in [1.54, 1.807) is 0 Å². The summed E-state index contributed by atoms with van der Waals surface area (Å²) in [5.41, 5.74) is 0.101. The molecule has 0 bridgehead atoms. The number of carboxylic acids is 1. The van der Waals surface area contributed by atoms with Crippen molar-refractivity contribution in [2.45, 2.75) is 25.4 Å². The van der Waals surface area contributed by atoms with Gasteiger partial charge in [0.15, 0.2) is 0 Å². The van der Waals surface area contributed by atoms with E-state index in [0.29, 0.717) is 5.88 Å². The number of ether oxygens (including phenoxy) is 1. The molecule has 0 atom stereocenters. The van der Waals surface area contributed by atoms with Gasteiger partial charge < -0.3 is 9.84 Å². The van der Waals surface area contributed by atoms with Gasteiger partial charge in [0.1, 0.15) is 11.3 Å². The number of halogens is 1. The van der Waals surface area contributed by atoms with E-state index in [-0.39, 0.29) is 16.8 Å². The molecule has 0 radical (unpaired) electrons. The van der Waals surface area contributed by atoms with E-state index in [4.69, 9.17) is 21.4 Å². The maximum absolute atomic E-state index is 10.7. The van der Waals surface area contributed by atoms with Crippen LogP contribution in [0, 0.1) is 0 Å². The highest BCUT2D eigenvalue weighted by Crippen LogP contribution is 2.25. The van der Waals surface area contributed by atoms with Crippen LogP contribution in [0.15, 0.2) is 12.1 Å². The van der Waals surface area contributed by atoms with Gasteiger partial charge in [-0.15, -0.1) is 0 Å². The lowest BCUT2D eigenvalue weighted by molar-refractivity contribution is 0.0694. The highest BCUT2D eigenvalue weighted by atomic mass is 35.5. The third-order valence-electron chi connectivity index (χ3n) is 2.36. The molecule has 0 amide bonds. The molecule has 0 spiro atoms. The number of pyridine rings is 1. The topological polar surface area (TPSA) is 59.4 Å². The number of carboxylic acid groups (broad SMARTS) is 1. The Labute approximate surface area is 91.8 Å². The Hall–Kier alpha value is -1.29. The Morgan fingerprint density at radius 1 is 1.53 bits per heavy atom. The summed E-state index contributed by atoms with van der Waals surface area (Å²) in [6.07, 6.45) is 3.31. The molecule has 1 heterocycles. The summed E-state index contributed by atoms with van der Waals surface area (Å²) in [6, 6.07) is 2.70. The van der Waals surface area contributed by atoms with E-state index in [1.807, 2.05) is 0 Å². The van der Waals surface area contributed by atoms with Gasteiger partial charge in [0.05, 0.1) is 5.56 Å². The first-order chi connectivity index (χ1) is 7.15. The van der Waals surface area contributed by atoms with Crippen LogP contribution in [0.25, 0.3) is 0 Å². The maximum atomic E-state index is 10.7. The first kappa shape index (κ1) is 10.2. The van der Waals surface area contributed by atoms with Crippen LogP contribution in [0.3, 0.4) is 0 Å². The molecular formula is C10H10ClNO3. The van der Waals surface area contributed by atoms with Crippen molar-refractivity contribution in [2.75, 3.05) is 0 Å². The van der Waals surface area contributed by atoms with Crippen molar-refractivity contribution in [3.8, 4) is 5.88 Å². The number of aromatic carboxylic acids is 1. The predicted octanol–water partition coefficient (Wildman–Crippen LogP) is 2.36. The minimum Gasteiger partial charge on any atom is -0.478 e. The van der Waals surface area contributed by atoms with Gasteiger partial charge in [0.25, 0.3) is 0 Å². The quantitative estimate of drug-likeness (QED) is 0.806. The van der Waals surface area contributed by atoms with Crippen molar-refractivity contribution < 1.29 is 14.6 Å². The third kappa shape index (κ3) is 2.39. The molecular weight excluding hydrogens is 218 g/mol. The van der Waals surface area contributed by atoms with Gasteiger partial charge in [0.2, 0.25) is 5.88 Å². The summed E-state index contributed by atoms with van der Waals surface area (Å²) in [4.78, 5) is 14.7. The largest absolute Gasteiger partial charge is 0.478 e.